The molecule has 30 heavy (non-hydrogen) atoms. The van der Waals surface area contributed by atoms with Gasteiger partial charge in [-0.15, -0.1) is 0 Å². The molecule has 0 spiro atoms. The molecule has 0 saturated carbocycles. The number of rotatable bonds is 4. The average molecular weight is 427 g/mol. The van der Waals surface area contributed by atoms with Gasteiger partial charge in [-0.2, -0.15) is 0 Å². The number of benzene rings is 3. The Labute approximate surface area is 173 Å². The number of halogens is 2. The Morgan fingerprint density at radius 3 is 2.50 bits per heavy atom. The second kappa shape index (κ2) is 7.99. The molecule has 1 aliphatic heterocycles. The summed E-state index contributed by atoms with van der Waals surface area (Å²) < 4.78 is 53.2. The number of hydrogen-bond donors (Lipinski definition) is 0. The zero-order valence-corrected chi connectivity index (χ0v) is 16.8. The summed E-state index contributed by atoms with van der Waals surface area (Å²) in [4.78, 5) is 14.7. The minimum Gasteiger partial charge on any atom is -0.308 e. The number of anilines is 1. The lowest BCUT2D eigenvalue weighted by Crippen LogP contribution is -2.36. The van der Waals surface area contributed by atoms with E-state index in [4.69, 9.17) is 0 Å². The van der Waals surface area contributed by atoms with E-state index in [2.05, 4.69) is 0 Å². The SMILES string of the molecule is O=C(c1cccc(CS(=O)(=O)c2ccccc2)c1)N1CCCc2c(F)cc(F)cc21. The van der Waals surface area contributed by atoms with Crippen LogP contribution in [0.5, 0.6) is 0 Å². The van der Waals surface area contributed by atoms with Crippen molar-refractivity contribution in [3.8, 4) is 0 Å². The van der Waals surface area contributed by atoms with Crippen molar-refractivity contribution in [2.24, 2.45) is 0 Å². The molecule has 0 aliphatic carbocycles. The number of carbonyl (C=O) groups excluding carboxylic acids is 1. The molecule has 154 valence electrons. The Balaban J connectivity index is 1.63. The number of fused-ring (bicyclic) bond motifs is 1. The maximum absolute atomic E-state index is 14.1. The van der Waals surface area contributed by atoms with Crippen molar-refractivity contribution in [3.05, 3.63) is 95.1 Å². The highest BCUT2D eigenvalue weighted by atomic mass is 32.2. The summed E-state index contributed by atoms with van der Waals surface area (Å²) in [7, 11) is -3.56. The van der Waals surface area contributed by atoms with E-state index in [9.17, 15) is 22.0 Å². The van der Waals surface area contributed by atoms with Gasteiger partial charge in [0.05, 0.1) is 16.3 Å². The van der Waals surface area contributed by atoms with Gasteiger partial charge in [0.15, 0.2) is 9.84 Å². The van der Waals surface area contributed by atoms with Crippen LogP contribution in [0.1, 0.15) is 27.9 Å². The molecular weight excluding hydrogens is 408 g/mol. The van der Waals surface area contributed by atoms with Crippen molar-refractivity contribution >= 4 is 21.4 Å². The fraction of sp³-hybridized carbons (Fsp3) is 0.174. The van der Waals surface area contributed by atoms with Crippen molar-refractivity contribution in [1.82, 2.24) is 0 Å². The average Bonchev–Trinajstić information content (AvgIpc) is 2.73. The van der Waals surface area contributed by atoms with Crippen LogP contribution in [0.3, 0.4) is 0 Å². The Morgan fingerprint density at radius 1 is 0.967 bits per heavy atom. The summed E-state index contributed by atoms with van der Waals surface area (Å²) in [6.45, 7) is 0.335. The highest BCUT2D eigenvalue weighted by Gasteiger charge is 2.27. The van der Waals surface area contributed by atoms with Gasteiger partial charge in [-0.1, -0.05) is 30.3 Å². The molecule has 1 aliphatic rings. The summed E-state index contributed by atoms with van der Waals surface area (Å²) in [6.07, 6.45) is 0.990. The molecule has 0 radical (unpaired) electrons. The zero-order chi connectivity index (χ0) is 21.3. The quantitative estimate of drug-likeness (QED) is 0.615. The molecule has 3 aromatic rings. The van der Waals surface area contributed by atoms with Crippen LogP contribution in [0.25, 0.3) is 0 Å². The van der Waals surface area contributed by atoms with Crippen molar-refractivity contribution in [2.45, 2.75) is 23.5 Å². The Morgan fingerprint density at radius 2 is 1.73 bits per heavy atom. The third-order valence-electron chi connectivity index (χ3n) is 5.11. The summed E-state index contributed by atoms with van der Waals surface area (Å²) in [5, 5.41) is 0. The molecule has 4 nitrogen and oxygen atoms in total. The first kappa shape index (κ1) is 20.2. The van der Waals surface area contributed by atoms with Crippen molar-refractivity contribution in [1.29, 1.82) is 0 Å². The molecule has 0 N–H and O–H groups in total. The number of hydrogen-bond acceptors (Lipinski definition) is 3. The van der Waals surface area contributed by atoms with Crippen LogP contribution in [0.4, 0.5) is 14.5 Å². The largest absolute Gasteiger partial charge is 0.308 e. The summed E-state index contributed by atoms with van der Waals surface area (Å²) in [6, 6.07) is 16.4. The van der Waals surface area contributed by atoms with Crippen molar-refractivity contribution in [3.63, 3.8) is 0 Å². The maximum Gasteiger partial charge on any atom is 0.258 e. The van der Waals surface area contributed by atoms with E-state index in [1.807, 2.05) is 0 Å². The zero-order valence-electron chi connectivity index (χ0n) is 16.0. The number of amides is 1. The molecule has 1 amide bonds. The van der Waals surface area contributed by atoms with Gasteiger partial charge in [0.1, 0.15) is 11.6 Å². The monoisotopic (exact) mass is 427 g/mol. The number of nitrogens with zero attached hydrogens (tertiary/aromatic N) is 1. The van der Waals surface area contributed by atoms with E-state index in [0.29, 0.717) is 30.5 Å². The van der Waals surface area contributed by atoms with Gasteiger partial charge in [-0.3, -0.25) is 4.79 Å². The predicted octanol–water partition coefficient (Wildman–Crippen LogP) is 4.53. The van der Waals surface area contributed by atoms with Crippen LogP contribution in [-0.2, 0) is 22.0 Å². The number of sulfone groups is 1. The molecule has 7 heteroatoms. The normalized spacial score (nSPS) is 13.7. The first-order chi connectivity index (χ1) is 14.3. The van der Waals surface area contributed by atoms with E-state index in [-0.39, 0.29) is 21.9 Å². The fourth-order valence-electron chi connectivity index (χ4n) is 3.70. The van der Waals surface area contributed by atoms with Crippen molar-refractivity contribution in [2.75, 3.05) is 11.4 Å². The molecule has 0 aromatic heterocycles. The summed E-state index contributed by atoms with van der Waals surface area (Å²) in [5.74, 6) is -2.07. The van der Waals surface area contributed by atoms with Gasteiger partial charge in [0.2, 0.25) is 0 Å². The van der Waals surface area contributed by atoms with Gasteiger partial charge in [-0.25, -0.2) is 17.2 Å². The molecule has 3 aromatic carbocycles. The Bertz CT molecular complexity index is 1210. The third kappa shape index (κ3) is 3.98. The van der Waals surface area contributed by atoms with Crippen LogP contribution >= 0.6 is 0 Å². The third-order valence-corrected chi connectivity index (χ3v) is 6.82. The molecule has 0 unspecified atom stereocenters. The van der Waals surface area contributed by atoms with Crippen LogP contribution in [0, 0.1) is 11.6 Å². The van der Waals surface area contributed by atoms with Crippen LogP contribution in [-0.4, -0.2) is 20.9 Å². The second-order valence-electron chi connectivity index (χ2n) is 7.22. The number of carbonyl (C=O) groups is 1. The van der Waals surface area contributed by atoms with Gasteiger partial charge in [-0.05, 0) is 48.7 Å². The lowest BCUT2D eigenvalue weighted by atomic mass is 9.99. The maximum atomic E-state index is 14.1. The summed E-state index contributed by atoms with van der Waals surface area (Å²) >= 11 is 0. The van der Waals surface area contributed by atoms with E-state index in [1.165, 1.54) is 29.2 Å². The highest BCUT2D eigenvalue weighted by molar-refractivity contribution is 7.90. The molecule has 0 saturated heterocycles. The molecule has 0 bridgehead atoms. The topological polar surface area (TPSA) is 54.5 Å². The standard InChI is InChI=1S/C23H19F2NO3S/c24-18-13-21(25)20-10-5-11-26(22(20)14-18)23(27)17-7-4-6-16(12-17)15-30(28,29)19-8-2-1-3-9-19/h1-4,6-9,12-14H,5,10-11,15H2. The fourth-order valence-corrected chi connectivity index (χ4v) is 5.06. The van der Waals surface area contributed by atoms with Gasteiger partial charge in [0, 0.05) is 23.7 Å². The second-order valence-corrected chi connectivity index (χ2v) is 9.21. The summed E-state index contributed by atoms with van der Waals surface area (Å²) in [5.41, 5.74) is 1.28. The predicted molar refractivity (Wildman–Crippen MR) is 110 cm³/mol. The van der Waals surface area contributed by atoms with E-state index >= 15 is 0 Å². The molecule has 0 fully saturated rings. The molecule has 1 heterocycles. The minimum atomic E-state index is -3.56. The first-order valence-electron chi connectivity index (χ1n) is 9.52. The Kier molecular flexibility index (Phi) is 5.39. The molecular formula is C23H19F2NO3S. The van der Waals surface area contributed by atoms with Crippen LogP contribution in [0.2, 0.25) is 0 Å². The van der Waals surface area contributed by atoms with Gasteiger partial charge in [0.25, 0.3) is 5.91 Å². The van der Waals surface area contributed by atoms with Gasteiger partial charge >= 0.3 is 0 Å². The van der Waals surface area contributed by atoms with Crippen LogP contribution < -0.4 is 4.90 Å². The highest BCUT2D eigenvalue weighted by Crippen LogP contribution is 2.31. The smallest absolute Gasteiger partial charge is 0.258 e. The minimum absolute atomic E-state index is 0.206. The lowest BCUT2D eigenvalue weighted by molar-refractivity contribution is 0.0985. The van der Waals surface area contributed by atoms with Crippen LogP contribution in [0.15, 0.2) is 71.6 Å². The van der Waals surface area contributed by atoms with E-state index in [0.717, 1.165) is 6.07 Å². The van der Waals surface area contributed by atoms with E-state index in [1.54, 1.807) is 36.4 Å². The van der Waals surface area contributed by atoms with Crippen molar-refractivity contribution < 1.29 is 22.0 Å². The molecule has 0 atom stereocenters. The van der Waals surface area contributed by atoms with E-state index < -0.39 is 27.4 Å². The Hall–Kier alpha value is -3.06. The molecule has 4 rings (SSSR count). The first-order valence-corrected chi connectivity index (χ1v) is 11.2. The lowest BCUT2D eigenvalue weighted by Gasteiger charge is -2.30. The van der Waals surface area contributed by atoms with Gasteiger partial charge < -0.3 is 4.90 Å².